The van der Waals surface area contributed by atoms with Crippen molar-refractivity contribution in [1.29, 1.82) is 0 Å². The molecule has 34 heavy (non-hydrogen) atoms. The van der Waals surface area contributed by atoms with Crippen molar-refractivity contribution in [3.63, 3.8) is 0 Å². The van der Waals surface area contributed by atoms with Crippen LogP contribution in [-0.4, -0.2) is 50.3 Å². The largest absolute Gasteiger partial charge is 0.495 e. The maximum atomic E-state index is 12.2. The molecule has 0 spiro atoms. The molecule has 1 saturated carbocycles. The second kappa shape index (κ2) is 9.28. The van der Waals surface area contributed by atoms with Crippen LogP contribution in [0.2, 0.25) is 0 Å². The Morgan fingerprint density at radius 1 is 1.24 bits per heavy atom. The molecule has 1 aromatic carbocycles. The summed E-state index contributed by atoms with van der Waals surface area (Å²) in [6.45, 7) is 4.63. The lowest BCUT2D eigenvalue weighted by molar-refractivity contribution is 0.0955. The minimum absolute atomic E-state index is 0.117. The van der Waals surface area contributed by atoms with E-state index >= 15 is 0 Å². The standard InChI is InChI=1S/C24H30N8O2/c1-4-18-22-30-27-14-31(22)19-13-26-24(29-21(19)32(18)16-8-6-7-9-16)28-17-11-10-15(12-20(17)34-3)23(33)25-5-2/h10-14,16,18H,4-9H2,1-3H3,(H,25,33)(H,26,28,29)/t18-/m1/s1. The highest BCUT2D eigenvalue weighted by atomic mass is 16.5. The third-order valence-corrected chi connectivity index (χ3v) is 6.61. The van der Waals surface area contributed by atoms with Gasteiger partial charge in [0, 0.05) is 18.2 Å². The smallest absolute Gasteiger partial charge is 0.251 e. The van der Waals surface area contributed by atoms with Crippen LogP contribution in [-0.2, 0) is 0 Å². The number of rotatable bonds is 7. The molecular formula is C24H30N8O2. The summed E-state index contributed by atoms with van der Waals surface area (Å²) in [5.74, 6) is 2.71. The summed E-state index contributed by atoms with van der Waals surface area (Å²) in [5.41, 5.74) is 2.12. The van der Waals surface area contributed by atoms with Gasteiger partial charge in [-0.15, -0.1) is 10.2 Å². The van der Waals surface area contributed by atoms with E-state index in [0.717, 1.165) is 36.6 Å². The number of aromatic nitrogens is 5. The van der Waals surface area contributed by atoms with Gasteiger partial charge >= 0.3 is 0 Å². The molecule has 3 aromatic rings. The topological polar surface area (TPSA) is 110 Å². The number of fused-ring (bicyclic) bond motifs is 3. The molecule has 0 radical (unpaired) electrons. The first-order valence-corrected chi connectivity index (χ1v) is 11.9. The summed E-state index contributed by atoms with van der Waals surface area (Å²) in [4.78, 5) is 24.2. The van der Waals surface area contributed by atoms with Crippen LogP contribution >= 0.6 is 0 Å². The number of methoxy groups -OCH3 is 1. The first-order valence-electron chi connectivity index (χ1n) is 11.9. The normalized spacial score (nSPS) is 17.3. The molecule has 1 aliphatic carbocycles. The first-order chi connectivity index (χ1) is 16.6. The van der Waals surface area contributed by atoms with E-state index in [1.807, 2.05) is 23.8 Å². The van der Waals surface area contributed by atoms with Crippen molar-refractivity contribution >= 4 is 23.4 Å². The Labute approximate surface area is 198 Å². The lowest BCUT2D eigenvalue weighted by Crippen LogP contribution is -2.42. The van der Waals surface area contributed by atoms with Gasteiger partial charge < -0.3 is 20.3 Å². The lowest BCUT2D eigenvalue weighted by atomic mass is 10.0. The predicted molar refractivity (Wildman–Crippen MR) is 129 cm³/mol. The molecule has 0 saturated heterocycles. The molecule has 1 fully saturated rings. The minimum atomic E-state index is -0.139. The van der Waals surface area contributed by atoms with Crippen LogP contribution in [0.15, 0.2) is 30.7 Å². The molecular weight excluding hydrogens is 432 g/mol. The van der Waals surface area contributed by atoms with Gasteiger partial charge in [-0.1, -0.05) is 19.8 Å². The van der Waals surface area contributed by atoms with Crippen molar-refractivity contribution in [3.05, 3.63) is 42.1 Å². The number of nitrogens with zero attached hydrogens (tertiary/aromatic N) is 6. The van der Waals surface area contributed by atoms with Crippen molar-refractivity contribution in [2.24, 2.45) is 0 Å². The average Bonchev–Trinajstić information content (AvgIpc) is 3.56. The highest BCUT2D eigenvalue weighted by Crippen LogP contribution is 2.43. The number of benzene rings is 1. The van der Waals surface area contributed by atoms with E-state index in [0.29, 0.717) is 35.5 Å². The maximum Gasteiger partial charge on any atom is 0.251 e. The lowest BCUT2D eigenvalue weighted by Gasteiger charge is -2.40. The molecule has 3 heterocycles. The maximum absolute atomic E-state index is 12.2. The Bertz CT molecular complexity index is 1190. The third kappa shape index (κ3) is 3.82. The third-order valence-electron chi connectivity index (χ3n) is 6.61. The van der Waals surface area contributed by atoms with Crippen LogP contribution in [0.5, 0.6) is 5.75 Å². The van der Waals surface area contributed by atoms with Crippen molar-refractivity contribution in [1.82, 2.24) is 30.0 Å². The molecule has 1 atom stereocenters. The monoisotopic (exact) mass is 462 g/mol. The zero-order chi connectivity index (χ0) is 23.7. The molecule has 2 aliphatic rings. The zero-order valence-electron chi connectivity index (χ0n) is 19.8. The molecule has 178 valence electrons. The van der Waals surface area contributed by atoms with Crippen LogP contribution < -0.4 is 20.3 Å². The van der Waals surface area contributed by atoms with Gasteiger partial charge in [-0.3, -0.25) is 9.36 Å². The summed E-state index contributed by atoms with van der Waals surface area (Å²) in [6.07, 6.45) is 9.22. The van der Waals surface area contributed by atoms with E-state index in [1.54, 1.807) is 25.6 Å². The molecule has 10 nitrogen and oxygen atoms in total. The summed E-state index contributed by atoms with van der Waals surface area (Å²) < 4.78 is 7.54. The van der Waals surface area contributed by atoms with E-state index < -0.39 is 0 Å². The van der Waals surface area contributed by atoms with Gasteiger partial charge in [-0.05, 0) is 44.4 Å². The van der Waals surface area contributed by atoms with E-state index in [-0.39, 0.29) is 11.9 Å². The predicted octanol–water partition coefficient (Wildman–Crippen LogP) is 3.77. The van der Waals surface area contributed by atoms with Crippen LogP contribution in [0.1, 0.15) is 68.2 Å². The van der Waals surface area contributed by atoms with Crippen molar-refractivity contribution in [3.8, 4) is 11.4 Å². The molecule has 10 heteroatoms. The van der Waals surface area contributed by atoms with Gasteiger partial charge in [-0.25, -0.2) is 4.98 Å². The van der Waals surface area contributed by atoms with Gasteiger partial charge in [-0.2, -0.15) is 4.98 Å². The SMILES string of the molecule is CCNC(=O)c1ccc(Nc2ncc3c(n2)N(C2CCCC2)[C@H](CC)c2nncn2-3)c(OC)c1. The van der Waals surface area contributed by atoms with E-state index in [2.05, 4.69) is 37.6 Å². The summed E-state index contributed by atoms with van der Waals surface area (Å²) >= 11 is 0. The number of carbonyl (C=O) groups is 1. The van der Waals surface area contributed by atoms with Crippen LogP contribution in [0.25, 0.3) is 5.69 Å². The number of hydrogen-bond donors (Lipinski definition) is 2. The Balaban J connectivity index is 1.51. The van der Waals surface area contributed by atoms with Crippen LogP contribution in [0, 0.1) is 0 Å². The van der Waals surface area contributed by atoms with Crippen molar-refractivity contribution in [2.75, 3.05) is 23.9 Å². The Morgan fingerprint density at radius 3 is 2.79 bits per heavy atom. The molecule has 1 aliphatic heterocycles. The minimum Gasteiger partial charge on any atom is -0.495 e. The Morgan fingerprint density at radius 2 is 2.06 bits per heavy atom. The van der Waals surface area contributed by atoms with Crippen molar-refractivity contribution in [2.45, 2.75) is 58.0 Å². The van der Waals surface area contributed by atoms with Gasteiger partial charge in [0.2, 0.25) is 5.95 Å². The fourth-order valence-electron chi connectivity index (χ4n) is 5.02. The second-order valence-corrected chi connectivity index (χ2v) is 8.63. The van der Waals surface area contributed by atoms with Gasteiger partial charge in [0.25, 0.3) is 5.91 Å². The van der Waals surface area contributed by atoms with E-state index in [9.17, 15) is 4.79 Å². The second-order valence-electron chi connectivity index (χ2n) is 8.63. The number of hydrogen-bond acceptors (Lipinski definition) is 8. The molecule has 0 unspecified atom stereocenters. The summed E-state index contributed by atoms with van der Waals surface area (Å²) in [7, 11) is 1.58. The average molecular weight is 463 g/mol. The van der Waals surface area contributed by atoms with Gasteiger partial charge in [0.05, 0.1) is 25.0 Å². The molecule has 0 bridgehead atoms. The zero-order valence-corrected chi connectivity index (χ0v) is 19.8. The van der Waals surface area contributed by atoms with Gasteiger partial charge in [0.15, 0.2) is 11.6 Å². The Hall–Kier alpha value is -3.69. The quantitative estimate of drug-likeness (QED) is 0.546. The number of carbonyl (C=O) groups excluding carboxylic acids is 1. The number of amides is 1. The molecule has 2 N–H and O–H groups in total. The van der Waals surface area contributed by atoms with Gasteiger partial charge in [0.1, 0.15) is 17.8 Å². The highest BCUT2D eigenvalue weighted by molar-refractivity contribution is 5.95. The van der Waals surface area contributed by atoms with E-state index in [1.165, 1.54) is 12.8 Å². The number of nitrogens with one attached hydrogen (secondary N) is 2. The fourth-order valence-corrected chi connectivity index (χ4v) is 5.02. The van der Waals surface area contributed by atoms with Crippen molar-refractivity contribution < 1.29 is 9.53 Å². The molecule has 5 rings (SSSR count). The fraction of sp³-hybridized carbons (Fsp3) is 0.458. The summed E-state index contributed by atoms with van der Waals surface area (Å²) in [6, 6.07) is 5.82. The molecule has 2 aromatic heterocycles. The van der Waals surface area contributed by atoms with E-state index in [4.69, 9.17) is 9.72 Å². The number of ether oxygens (including phenoxy) is 1. The number of anilines is 3. The molecule has 1 amide bonds. The van der Waals surface area contributed by atoms with Crippen LogP contribution in [0.3, 0.4) is 0 Å². The summed E-state index contributed by atoms with van der Waals surface area (Å²) in [5, 5.41) is 14.7. The first kappa shape index (κ1) is 22.1. The highest BCUT2D eigenvalue weighted by Gasteiger charge is 2.38. The Kier molecular flexibility index (Phi) is 6.04. The van der Waals surface area contributed by atoms with Crippen LogP contribution in [0.4, 0.5) is 17.5 Å².